The standard InChI is InChI=1S/C24H33N3O2S/c1-30-20-6-3-18(4-7-20)25-23(29)21-15-24(21)9-12-26(13-10-24)22(28)8-11-27-16-17-2-5-19(27)14-17/h3-4,6-7,17,19,21H,2,5,8-16H2,1H3,(H,25,29)/t17-,19-,21+/m1/s1. The molecule has 0 unspecified atom stereocenters. The Morgan fingerprint density at radius 2 is 1.93 bits per heavy atom. The van der Waals surface area contributed by atoms with Gasteiger partial charge in [0.05, 0.1) is 0 Å². The number of nitrogens with zero attached hydrogens (tertiary/aromatic N) is 2. The van der Waals surface area contributed by atoms with Gasteiger partial charge in [-0.2, -0.15) is 0 Å². The minimum atomic E-state index is 0.107. The summed E-state index contributed by atoms with van der Waals surface area (Å²) in [6.07, 6.45) is 9.69. The van der Waals surface area contributed by atoms with Gasteiger partial charge in [-0.05, 0) is 80.4 Å². The van der Waals surface area contributed by atoms with Gasteiger partial charge in [-0.1, -0.05) is 0 Å². The van der Waals surface area contributed by atoms with E-state index in [0.29, 0.717) is 12.3 Å². The molecule has 2 amide bonds. The molecule has 1 N–H and O–H groups in total. The summed E-state index contributed by atoms with van der Waals surface area (Å²) in [4.78, 5) is 31.2. The van der Waals surface area contributed by atoms with Gasteiger partial charge in [0.1, 0.15) is 0 Å². The van der Waals surface area contributed by atoms with Crippen LogP contribution < -0.4 is 5.32 Å². The van der Waals surface area contributed by atoms with Crippen molar-refractivity contribution in [1.29, 1.82) is 0 Å². The fraction of sp³-hybridized carbons (Fsp3) is 0.667. The lowest BCUT2D eigenvalue weighted by molar-refractivity contribution is -0.133. The van der Waals surface area contributed by atoms with E-state index in [1.807, 2.05) is 29.2 Å². The molecular weight excluding hydrogens is 394 g/mol. The molecule has 2 bridgehead atoms. The van der Waals surface area contributed by atoms with Gasteiger partial charge >= 0.3 is 0 Å². The van der Waals surface area contributed by atoms with Crippen molar-refractivity contribution >= 4 is 29.3 Å². The van der Waals surface area contributed by atoms with Crippen LogP contribution in [0.4, 0.5) is 5.69 Å². The van der Waals surface area contributed by atoms with Gasteiger partial charge in [0, 0.05) is 55.1 Å². The zero-order valence-corrected chi connectivity index (χ0v) is 18.8. The first kappa shape index (κ1) is 20.4. The summed E-state index contributed by atoms with van der Waals surface area (Å²) < 4.78 is 0. The number of hydrogen-bond acceptors (Lipinski definition) is 4. The fourth-order valence-corrected chi connectivity index (χ4v) is 6.48. The molecule has 3 atom stereocenters. The summed E-state index contributed by atoms with van der Waals surface area (Å²) >= 11 is 1.70. The summed E-state index contributed by atoms with van der Waals surface area (Å²) in [6, 6.07) is 8.79. The first-order valence-corrected chi connectivity index (χ1v) is 12.8. The predicted molar refractivity (Wildman–Crippen MR) is 121 cm³/mol. The first-order chi connectivity index (χ1) is 14.6. The smallest absolute Gasteiger partial charge is 0.228 e. The summed E-state index contributed by atoms with van der Waals surface area (Å²) in [5.74, 6) is 1.45. The highest BCUT2D eigenvalue weighted by molar-refractivity contribution is 7.98. The van der Waals surface area contributed by atoms with E-state index < -0.39 is 0 Å². The normalized spacial score (nSPS) is 29.4. The monoisotopic (exact) mass is 427 g/mol. The number of amides is 2. The molecular formula is C24H33N3O2S. The molecule has 4 aliphatic rings. The van der Waals surface area contributed by atoms with E-state index in [1.165, 1.54) is 30.7 Å². The van der Waals surface area contributed by atoms with E-state index in [4.69, 9.17) is 0 Å². The van der Waals surface area contributed by atoms with Gasteiger partial charge in [0.15, 0.2) is 0 Å². The molecule has 2 heterocycles. The van der Waals surface area contributed by atoms with Crippen molar-refractivity contribution in [3.8, 4) is 0 Å². The number of anilines is 1. The lowest BCUT2D eigenvalue weighted by atomic mass is 9.90. The molecule has 1 spiro atoms. The molecule has 2 aliphatic heterocycles. The molecule has 162 valence electrons. The Kier molecular flexibility index (Phi) is 5.56. The van der Waals surface area contributed by atoms with Gasteiger partial charge < -0.3 is 10.2 Å². The SMILES string of the molecule is CSc1ccc(NC(=O)[C@@H]2CC23CCN(C(=O)CCN2C[C@@H]4CC[C@@H]2C4)CC3)cc1. The summed E-state index contributed by atoms with van der Waals surface area (Å²) in [7, 11) is 0. The van der Waals surface area contributed by atoms with E-state index in [-0.39, 0.29) is 17.2 Å². The molecule has 5 nitrogen and oxygen atoms in total. The van der Waals surface area contributed by atoms with E-state index in [1.54, 1.807) is 11.8 Å². The van der Waals surface area contributed by atoms with Crippen LogP contribution >= 0.6 is 11.8 Å². The molecule has 1 aromatic carbocycles. The van der Waals surface area contributed by atoms with Crippen LogP contribution in [0.2, 0.25) is 0 Å². The number of fused-ring (bicyclic) bond motifs is 2. The molecule has 30 heavy (non-hydrogen) atoms. The Hall–Kier alpha value is -1.53. The van der Waals surface area contributed by atoms with E-state index >= 15 is 0 Å². The number of hydrogen-bond donors (Lipinski definition) is 1. The fourth-order valence-electron chi connectivity index (χ4n) is 6.07. The Morgan fingerprint density at radius 1 is 1.17 bits per heavy atom. The number of nitrogens with one attached hydrogen (secondary N) is 1. The van der Waals surface area contributed by atoms with Crippen LogP contribution in [-0.4, -0.2) is 60.1 Å². The second kappa shape index (κ2) is 8.19. The topological polar surface area (TPSA) is 52.7 Å². The molecule has 2 saturated heterocycles. The molecule has 5 rings (SSSR count). The van der Waals surface area contributed by atoms with Crippen molar-refractivity contribution in [2.24, 2.45) is 17.3 Å². The predicted octanol–water partition coefficient (Wildman–Crippen LogP) is 3.85. The van der Waals surface area contributed by atoms with Gasteiger partial charge in [0.25, 0.3) is 0 Å². The summed E-state index contributed by atoms with van der Waals surface area (Å²) in [5, 5.41) is 3.09. The molecule has 6 heteroatoms. The molecule has 0 aromatic heterocycles. The number of piperidine rings is 2. The summed E-state index contributed by atoms with van der Waals surface area (Å²) in [5.41, 5.74) is 1.01. The lowest BCUT2D eigenvalue weighted by Crippen LogP contribution is -2.42. The van der Waals surface area contributed by atoms with Crippen molar-refractivity contribution in [3.05, 3.63) is 24.3 Å². The average Bonchev–Trinajstić information content (AvgIpc) is 3.10. The number of carbonyl (C=O) groups is 2. The van der Waals surface area contributed by atoms with Crippen LogP contribution in [0.3, 0.4) is 0 Å². The highest BCUT2D eigenvalue weighted by Crippen LogP contribution is 2.59. The molecule has 2 aliphatic carbocycles. The van der Waals surface area contributed by atoms with Crippen molar-refractivity contribution < 1.29 is 9.59 Å². The minimum absolute atomic E-state index is 0.107. The number of thioether (sulfide) groups is 1. The van der Waals surface area contributed by atoms with Crippen molar-refractivity contribution in [1.82, 2.24) is 9.80 Å². The Morgan fingerprint density at radius 3 is 2.57 bits per heavy atom. The first-order valence-electron chi connectivity index (χ1n) is 11.5. The third-order valence-corrected chi connectivity index (χ3v) is 8.85. The van der Waals surface area contributed by atoms with Crippen molar-refractivity contribution in [3.63, 3.8) is 0 Å². The molecule has 1 aromatic rings. The number of likely N-dealkylation sites (tertiary alicyclic amines) is 2. The average molecular weight is 428 g/mol. The third kappa shape index (κ3) is 4.01. The van der Waals surface area contributed by atoms with Crippen molar-refractivity contribution in [2.75, 3.05) is 37.8 Å². The maximum Gasteiger partial charge on any atom is 0.228 e. The number of benzene rings is 1. The van der Waals surface area contributed by atoms with E-state index in [0.717, 1.165) is 56.5 Å². The third-order valence-electron chi connectivity index (χ3n) is 8.11. The van der Waals surface area contributed by atoms with Gasteiger partial charge in [-0.15, -0.1) is 11.8 Å². The highest BCUT2D eigenvalue weighted by atomic mass is 32.2. The maximum atomic E-state index is 12.7. The Bertz CT molecular complexity index is 803. The van der Waals surface area contributed by atoms with E-state index in [9.17, 15) is 9.59 Å². The lowest BCUT2D eigenvalue weighted by Gasteiger charge is -2.34. The second-order valence-electron chi connectivity index (χ2n) is 9.80. The van der Waals surface area contributed by atoms with Gasteiger partial charge in [-0.3, -0.25) is 14.5 Å². The second-order valence-corrected chi connectivity index (χ2v) is 10.7. The van der Waals surface area contributed by atoms with Gasteiger partial charge in [-0.25, -0.2) is 0 Å². The zero-order chi connectivity index (χ0) is 20.7. The number of rotatable bonds is 6. The van der Waals surface area contributed by atoms with E-state index in [2.05, 4.69) is 16.5 Å². The molecule has 0 radical (unpaired) electrons. The Labute approximate surface area is 183 Å². The van der Waals surface area contributed by atoms with Crippen LogP contribution in [0.25, 0.3) is 0 Å². The number of carbonyl (C=O) groups excluding carboxylic acids is 2. The van der Waals surface area contributed by atoms with Crippen LogP contribution in [-0.2, 0) is 9.59 Å². The quantitative estimate of drug-likeness (QED) is 0.701. The van der Waals surface area contributed by atoms with Crippen LogP contribution in [0.5, 0.6) is 0 Å². The van der Waals surface area contributed by atoms with Crippen LogP contribution in [0.1, 0.15) is 44.9 Å². The molecule has 2 saturated carbocycles. The van der Waals surface area contributed by atoms with Crippen molar-refractivity contribution in [2.45, 2.75) is 55.9 Å². The van der Waals surface area contributed by atoms with Crippen LogP contribution in [0.15, 0.2) is 29.2 Å². The van der Waals surface area contributed by atoms with Gasteiger partial charge in [0.2, 0.25) is 11.8 Å². The summed E-state index contributed by atoms with van der Waals surface area (Å²) in [6.45, 7) is 3.77. The zero-order valence-electron chi connectivity index (χ0n) is 17.9. The molecule has 4 fully saturated rings. The maximum absolute atomic E-state index is 12.7. The minimum Gasteiger partial charge on any atom is -0.343 e. The van der Waals surface area contributed by atoms with Crippen LogP contribution in [0, 0.1) is 17.3 Å². The largest absolute Gasteiger partial charge is 0.343 e. The Balaban J connectivity index is 1.06. The highest BCUT2D eigenvalue weighted by Gasteiger charge is 2.58.